The van der Waals surface area contributed by atoms with Crippen molar-refractivity contribution in [2.45, 2.75) is 131 Å². The van der Waals surface area contributed by atoms with Gasteiger partial charge in [0, 0.05) is 58.4 Å². The number of benzene rings is 1. The van der Waals surface area contributed by atoms with Gasteiger partial charge in [-0.15, -0.1) is 0 Å². The first kappa shape index (κ1) is 43.5. The van der Waals surface area contributed by atoms with Crippen LogP contribution < -0.4 is 0 Å². The van der Waals surface area contributed by atoms with E-state index in [-0.39, 0.29) is 84.3 Å². The van der Waals surface area contributed by atoms with Crippen molar-refractivity contribution in [3.05, 3.63) is 35.9 Å². The second kappa shape index (κ2) is 20.4. The fourth-order valence-corrected chi connectivity index (χ4v) is 7.58. The van der Waals surface area contributed by atoms with E-state index in [9.17, 15) is 24.3 Å². The van der Waals surface area contributed by atoms with Gasteiger partial charge in [-0.3, -0.25) is 19.2 Å². The molecule has 0 saturated carbocycles. The molecule has 1 aliphatic heterocycles. The second-order valence-electron chi connectivity index (χ2n) is 15.6. The number of hydrogen-bond acceptors (Lipinski definition) is 7. The highest BCUT2D eigenvalue weighted by Gasteiger charge is 2.43. The number of carbonyl (C=O) groups is 4. The van der Waals surface area contributed by atoms with E-state index >= 15 is 0 Å². The summed E-state index contributed by atoms with van der Waals surface area (Å²) in [6.07, 6.45) is 0.938. The maximum atomic E-state index is 14.1. The Morgan fingerprint density at radius 3 is 1.96 bits per heavy atom. The van der Waals surface area contributed by atoms with E-state index in [1.165, 1.54) is 0 Å². The molecule has 0 aromatic heterocycles. The van der Waals surface area contributed by atoms with Gasteiger partial charge in [-0.1, -0.05) is 99.1 Å². The number of methoxy groups -OCH3 is 2. The third-order valence-corrected chi connectivity index (χ3v) is 11.6. The highest BCUT2D eigenvalue weighted by atomic mass is 16.5. The van der Waals surface area contributed by atoms with Crippen molar-refractivity contribution in [2.24, 2.45) is 41.4 Å². The largest absolute Gasteiger partial charge is 0.388 e. The molecule has 2 rings (SSSR count). The Morgan fingerprint density at radius 1 is 0.840 bits per heavy atom. The fraction of sp³-hybridized carbons (Fsp3) is 0.756. The number of likely N-dealkylation sites (N-methyl/N-ethyl adjacent to an activating group) is 1. The van der Waals surface area contributed by atoms with Crippen LogP contribution in [0.5, 0.6) is 0 Å². The van der Waals surface area contributed by atoms with E-state index in [0.717, 1.165) is 18.4 Å². The van der Waals surface area contributed by atoms with Crippen molar-refractivity contribution < 1.29 is 33.8 Å². The SMILES string of the molecule is CC[C@H](C)[C@@H]([C@@H](CC(=O)N1CCC[C@H]1[C@H](OC)[C@@H](C)C(=O)C[C@H](C)C(O)c1ccccc1)OC)N(C)C(=O)[C@@H](CC(=O)[C@@H](C)C(C)C)C(C)C. The molecule has 1 heterocycles. The zero-order valence-electron chi connectivity index (χ0n) is 33.1. The number of nitrogens with zero attached hydrogens (tertiary/aromatic N) is 2. The molecule has 0 radical (unpaired) electrons. The lowest BCUT2D eigenvalue weighted by molar-refractivity contribution is -0.149. The smallest absolute Gasteiger partial charge is 0.226 e. The quantitative estimate of drug-likeness (QED) is 0.151. The van der Waals surface area contributed by atoms with Crippen molar-refractivity contribution in [2.75, 3.05) is 27.8 Å². The molecule has 1 N–H and O–H groups in total. The summed E-state index contributed by atoms with van der Waals surface area (Å²) in [6.45, 7) is 18.4. The number of ketones is 2. The normalized spacial score (nSPS) is 20.5. The first-order valence-electron chi connectivity index (χ1n) is 18.9. The van der Waals surface area contributed by atoms with E-state index in [4.69, 9.17) is 9.47 Å². The molecule has 1 aliphatic rings. The molecule has 284 valence electrons. The van der Waals surface area contributed by atoms with Gasteiger partial charge in [0.2, 0.25) is 11.8 Å². The summed E-state index contributed by atoms with van der Waals surface area (Å²) in [5.74, 6) is -1.25. The molecule has 0 spiro atoms. The molecule has 9 heteroatoms. The second-order valence-corrected chi connectivity index (χ2v) is 15.6. The van der Waals surface area contributed by atoms with Crippen LogP contribution in [0, 0.1) is 41.4 Å². The van der Waals surface area contributed by atoms with Crippen LogP contribution in [0.1, 0.15) is 113 Å². The molecule has 1 aromatic carbocycles. The number of hydrogen-bond donors (Lipinski definition) is 1. The first-order chi connectivity index (χ1) is 23.5. The third-order valence-electron chi connectivity index (χ3n) is 11.6. The highest BCUT2D eigenvalue weighted by molar-refractivity contribution is 5.88. The summed E-state index contributed by atoms with van der Waals surface area (Å²) in [6, 6.07) is 8.70. The minimum Gasteiger partial charge on any atom is -0.388 e. The van der Waals surface area contributed by atoms with Gasteiger partial charge in [-0.25, -0.2) is 0 Å². The van der Waals surface area contributed by atoms with Crippen molar-refractivity contribution in [1.82, 2.24) is 9.80 Å². The summed E-state index contributed by atoms with van der Waals surface area (Å²) in [7, 11) is 4.96. The van der Waals surface area contributed by atoms with E-state index in [1.54, 1.807) is 26.2 Å². The Hall–Kier alpha value is -2.62. The summed E-state index contributed by atoms with van der Waals surface area (Å²) in [5.41, 5.74) is 0.779. The molecule has 1 saturated heterocycles. The standard InChI is InChI=1S/C41H68N2O7/c1-13-27(6)38(42(10)41(48)32(26(4)5)23-35(45)29(8)25(2)3)36(49-11)24-37(46)43-21-17-20-33(43)40(50-12)30(9)34(44)22-28(7)39(47)31-18-15-14-16-19-31/h14-16,18-19,25-30,32-33,36,38-40,47H,13,17,20-24H2,1-12H3/t27-,28-,29-,30-,32-,33-,36+,38-,39?,40+/m0/s1. The van der Waals surface area contributed by atoms with Crippen molar-refractivity contribution >= 4 is 23.4 Å². The number of rotatable bonds is 21. The molecule has 9 nitrogen and oxygen atoms in total. The first-order valence-corrected chi connectivity index (χ1v) is 18.9. The van der Waals surface area contributed by atoms with Crippen LogP contribution in [0.4, 0.5) is 0 Å². The zero-order chi connectivity index (χ0) is 37.9. The topological polar surface area (TPSA) is 113 Å². The molecule has 1 fully saturated rings. The Morgan fingerprint density at radius 2 is 1.44 bits per heavy atom. The van der Waals surface area contributed by atoms with Gasteiger partial charge < -0.3 is 24.4 Å². The monoisotopic (exact) mass is 701 g/mol. The Kier molecular flexibility index (Phi) is 17.8. The number of amides is 2. The summed E-state index contributed by atoms with van der Waals surface area (Å²) < 4.78 is 12.0. The third kappa shape index (κ3) is 11.2. The molecule has 1 unspecified atom stereocenters. The van der Waals surface area contributed by atoms with Gasteiger partial charge in [-0.2, -0.15) is 0 Å². The van der Waals surface area contributed by atoms with E-state index < -0.39 is 30.1 Å². The van der Waals surface area contributed by atoms with Crippen molar-refractivity contribution in [3.8, 4) is 0 Å². The average molecular weight is 701 g/mol. The van der Waals surface area contributed by atoms with Gasteiger partial charge >= 0.3 is 0 Å². The molecule has 0 bridgehead atoms. The number of ether oxygens (including phenoxy) is 2. The molecule has 1 aromatic rings. The Balaban J connectivity index is 2.23. The fourth-order valence-electron chi connectivity index (χ4n) is 7.58. The van der Waals surface area contributed by atoms with Crippen LogP contribution in [0.3, 0.4) is 0 Å². The summed E-state index contributed by atoms with van der Waals surface area (Å²) >= 11 is 0. The predicted octanol–water partition coefficient (Wildman–Crippen LogP) is 6.76. The molecule has 2 amide bonds. The molecular formula is C41H68N2O7. The van der Waals surface area contributed by atoms with Crippen LogP contribution in [0.15, 0.2) is 30.3 Å². The lowest BCUT2D eigenvalue weighted by atomic mass is 9.82. The Labute approximate surface area is 302 Å². The van der Waals surface area contributed by atoms with E-state index in [0.29, 0.717) is 13.0 Å². The maximum absolute atomic E-state index is 14.1. The highest BCUT2D eigenvalue weighted by Crippen LogP contribution is 2.33. The number of Topliss-reactive ketones (excluding diaryl/α,β-unsaturated/α-hetero) is 2. The minimum atomic E-state index is -0.757. The van der Waals surface area contributed by atoms with Crippen LogP contribution >= 0.6 is 0 Å². The van der Waals surface area contributed by atoms with Crippen LogP contribution in [0.25, 0.3) is 0 Å². The van der Waals surface area contributed by atoms with Gasteiger partial charge in [0.1, 0.15) is 11.6 Å². The number of aliphatic hydroxyl groups is 1. The van der Waals surface area contributed by atoms with Crippen LogP contribution in [-0.2, 0) is 28.7 Å². The Bertz CT molecular complexity index is 1220. The van der Waals surface area contributed by atoms with E-state index in [2.05, 4.69) is 13.8 Å². The van der Waals surface area contributed by atoms with Crippen LogP contribution in [-0.4, -0.2) is 90.4 Å². The molecule has 0 aliphatic carbocycles. The van der Waals surface area contributed by atoms with Gasteiger partial charge in [0.25, 0.3) is 0 Å². The lowest BCUT2D eigenvalue weighted by Crippen LogP contribution is -2.54. The number of carbonyl (C=O) groups excluding carboxylic acids is 4. The van der Waals surface area contributed by atoms with Gasteiger partial charge in [0.05, 0.1) is 36.8 Å². The van der Waals surface area contributed by atoms with Crippen molar-refractivity contribution in [1.29, 1.82) is 0 Å². The van der Waals surface area contributed by atoms with Crippen LogP contribution in [0.2, 0.25) is 0 Å². The number of likely N-dealkylation sites (tertiary alicyclic amines) is 1. The lowest BCUT2D eigenvalue weighted by Gasteiger charge is -2.41. The minimum absolute atomic E-state index is 0.00801. The molecule has 50 heavy (non-hydrogen) atoms. The van der Waals surface area contributed by atoms with Gasteiger partial charge in [-0.05, 0) is 42.1 Å². The van der Waals surface area contributed by atoms with E-state index in [1.807, 2.05) is 83.7 Å². The maximum Gasteiger partial charge on any atom is 0.226 e. The molecular weight excluding hydrogens is 632 g/mol. The summed E-state index contributed by atoms with van der Waals surface area (Å²) in [4.78, 5) is 58.5. The average Bonchev–Trinajstić information content (AvgIpc) is 3.58. The van der Waals surface area contributed by atoms with Gasteiger partial charge in [0.15, 0.2) is 0 Å². The number of aliphatic hydroxyl groups excluding tert-OH is 1. The van der Waals surface area contributed by atoms with Crippen molar-refractivity contribution in [3.63, 3.8) is 0 Å². The summed E-state index contributed by atoms with van der Waals surface area (Å²) in [5, 5.41) is 10.9. The zero-order valence-corrected chi connectivity index (χ0v) is 33.1. The predicted molar refractivity (Wildman–Crippen MR) is 198 cm³/mol. The molecule has 10 atom stereocenters.